The molecule has 0 aliphatic heterocycles. The summed E-state index contributed by atoms with van der Waals surface area (Å²) in [6.07, 6.45) is 8.63. The zero-order valence-electron chi connectivity index (χ0n) is 14.3. The van der Waals surface area contributed by atoms with E-state index in [1.54, 1.807) is 42.3 Å². The number of furan rings is 1. The molecule has 0 saturated carbocycles. The van der Waals surface area contributed by atoms with Gasteiger partial charge in [-0.2, -0.15) is 0 Å². The van der Waals surface area contributed by atoms with Gasteiger partial charge in [0, 0.05) is 35.7 Å². The molecule has 5 aromatic rings. The molecule has 0 bridgehead atoms. The minimum Gasteiger partial charge on any atom is -0.462 e. The van der Waals surface area contributed by atoms with Crippen molar-refractivity contribution in [3.8, 4) is 32.7 Å². The second kappa shape index (κ2) is 6.37. The van der Waals surface area contributed by atoms with E-state index >= 15 is 0 Å². The monoisotopic (exact) mass is 371 g/mol. The number of aryl methyl sites for hydroxylation is 1. The maximum absolute atomic E-state index is 5.64. The van der Waals surface area contributed by atoms with Crippen molar-refractivity contribution < 1.29 is 4.42 Å². The van der Waals surface area contributed by atoms with E-state index in [2.05, 4.69) is 15.0 Å². The molecule has 0 amide bonds. The first kappa shape index (κ1) is 15.8. The summed E-state index contributed by atoms with van der Waals surface area (Å²) in [5, 5.41) is 1.88. The van der Waals surface area contributed by atoms with E-state index in [1.807, 2.05) is 37.4 Å². The second-order valence-corrected chi connectivity index (χ2v) is 6.94. The summed E-state index contributed by atoms with van der Waals surface area (Å²) >= 11 is 1.60. The highest BCUT2D eigenvalue weighted by molar-refractivity contribution is 7.18. The van der Waals surface area contributed by atoms with Gasteiger partial charge in [-0.25, -0.2) is 19.9 Å². The Morgan fingerprint density at radius 2 is 1.89 bits per heavy atom. The van der Waals surface area contributed by atoms with Gasteiger partial charge in [0.15, 0.2) is 17.1 Å². The maximum atomic E-state index is 5.64. The van der Waals surface area contributed by atoms with Crippen LogP contribution in [0.4, 0.5) is 0 Å². The Morgan fingerprint density at radius 3 is 2.70 bits per heavy atom. The number of aromatic nitrogens is 5. The van der Waals surface area contributed by atoms with Gasteiger partial charge in [0.05, 0.1) is 22.5 Å². The standard InChI is InChI=1S/C20H13N5OS/c1-12-18(27-20(24-12)14-4-2-6-21-11-14)15-10-13-5-9-26-17(13)16(25-15)19-22-7-3-8-23-19/h2-11H,1H3. The van der Waals surface area contributed by atoms with Gasteiger partial charge in [-0.1, -0.05) is 0 Å². The van der Waals surface area contributed by atoms with E-state index in [9.17, 15) is 0 Å². The summed E-state index contributed by atoms with van der Waals surface area (Å²) < 4.78 is 5.64. The minimum absolute atomic E-state index is 0.536. The molecule has 0 N–H and O–H groups in total. The Balaban J connectivity index is 1.69. The van der Waals surface area contributed by atoms with Gasteiger partial charge in [0.25, 0.3) is 0 Å². The van der Waals surface area contributed by atoms with Crippen LogP contribution in [0.5, 0.6) is 0 Å². The Morgan fingerprint density at radius 1 is 1.00 bits per heavy atom. The van der Waals surface area contributed by atoms with Gasteiger partial charge in [0.1, 0.15) is 5.01 Å². The normalized spacial score (nSPS) is 11.1. The zero-order valence-corrected chi connectivity index (χ0v) is 15.1. The average molecular weight is 371 g/mol. The lowest BCUT2D eigenvalue weighted by Crippen LogP contribution is -1.93. The predicted molar refractivity (Wildman–Crippen MR) is 104 cm³/mol. The first-order valence-corrected chi connectivity index (χ1v) is 9.15. The molecule has 5 heterocycles. The lowest BCUT2D eigenvalue weighted by atomic mass is 10.2. The fourth-order valence-corrected chi connectivity index (χ4v) is 3.93. The summed E-state index contributed by atoms with van der Waals surface area (Å²) in [6.45, 7) is 1.99. The molecule has 0 aliphatic rings. The van der Waals surface area contributed by atoms with Crippen molar-refractivity contribution in [2.75, 3.05) is 0 Å². The predicted octanol–water partition coefficient (Wildman–Crippen LogP) is 4.78. The second-order valence-electron chi connectivity index (χ2n) is 5.94. The van der Waals surface area contributed by atoms with Crippen LogP contribution >= 0.6 is 11.3 Å². The molecule has 5 rings (SSSR count). The molecule has 0 aromatic carbocycles. The number of nitrogens with zero attached hydrogens (tertiary/aromatic N) is 5. The fourth-order valence-electron chi connectivity index (χ4n) is 2.91. The van der Waals surface area contributed by atoms with E-state index < -0.39 is 0 Å². The Kier molecular flexibility index (Phi) is 3.72. The lowest BCUT2D eigenvalue weighted by Gasteiger charge is -2.04. The Labute approximate surface area is 158 Å². The average Bonchev–Trinajstić information content (AvgIpc) is 3.35. The topological polar surface area (TPSA) is 77.6 Å². The van der Waals surface area contributed by atoms with Crippen molar-refractivity contribution in [1.82, 2.24) is 24.9 Å². The van der Waals surface area contributed by atoms with Crippen LogP contribution in [0.1, 0.15) is 5.69 Å². The Bertz CT molecular complexity index is 1230. The van der Waals surface area contributed by atoms with Crippen molar-refractivity contribution >= 4 is 22.3 Å². The molecular formula is C20H13N5OS. The van der Waals surface area contributed by atoms with E-state index in [0.29, 0.717) is 17.1 Å². The molecule has 27 heavy (non-hydrogen) atoms. The quantitative estimate of drug-likeness (QED) is 0.454. The van der Waals surface area contributed by atoms with Crippen LogP contribution in [0.3, 0.4) is 0 Å². The first-order valence-electron chi connectivity index (χ1n) is 8.33. The number of pyridine rings is 2. The molecule has 0 radical (unpaired) electrons. The minimum atomic E-state index is 0.536. The number of rotatable bonds is 3. The highest BCUT2D eigenvalue weighted by Crippen LogP contribution is 2.37. The number of hydrogen-bond donors (Lipinski definition) is 0. The van der Waals surface area contributed by atoms with Crippen LogP contribution < -0.4 is 0 Å². The van der Waals surface area contributed by atoms with Crippen LogP contribution in [0, 0.1) is 6.92 Å². The van der Waals surface area contributed by atoms with Crippen LogP contribution in [0.2, 0.25) is 0 Å². The van der Waals surface area contributed by atoms with Crippen molar-refractivity contribution in [1.29, 1.82) is 0 Å². The number of fused-ring (bicyclic) bond motifs is 1. The van der Waals surface area contributed by atoms with Crippen molar-refractivity contribution in [3.63, 3.8) is 0 Å². The van der Waals surface area contributed by atoms with Crippen LogP contribution in [0.15, 0.2) is 65.8 Å². The molecule has 0 unspecified atom stereocenters. The van der Waals surface area contributed by atoms with Crippen molar-refractivity contribution in [2.24, 2.45) is 0 Å². The maximum Gasteiger partial charge on any atom is 0.182 e. The first-order chi connectivity index (χ1) is 13.3. The molecular weight excluding hydrogens is 358 g/mol. The highest BCUT2D eigenvalue weighted by Gasteiger charge is 2.18. The van der Waals surface area contributed by atoms with Crippen LogP contribution in [0.25, 0.3) is 43.6 Å². The summed E-state index contributed by atoms with van der Waals surface area (Å²) in [6, 6.07) is 9.63. The molecule has 7 heteroatoms. The van der Waals surface area contributed by atoms with E-state index in [0.717, 1.165) is 32.2 Å². The molecule has 0 aliphatic carbocycles. The van der Waals surface area contributed by atoms with E-state index in [1.165, 1.54) is 0 Å². The summed E-state index contributed by atoms with van der Waals surface area (Å²) in [4.78, 5) is 23.4. The molecule has 0 fully saturated rings. The summed E-state index contributed by atoms with van der Waals surface area (Å²) in [5.41, 5.74) is 4.06. The third-order valence-corrected chi connectivity index (χ3v) is 5.38. The SMILES string of the molecule is Cc1nc(-c2cccnc2)sc1-c1cc2ccoc2c(-c2ncccn2)n1. The molecule has 0 atom stereocenters. The van der Waals surface area contributed by atoms with Gasteiger partial charge in [-0.05, 0) is 37.3 Å². The highest BCUT2D eigenvalue weighted by atomic mass is 32.1. The number of hydrogen-bond acceptors (Lipinski definition) is 7. The molecule has 0 saturated heterocycles. The van der Waals surface area contributed by atoms with E-state index in [4.69, 9.17) is 14.4 Å². The smallest absolute Gasteiger partial charge is 0.182 e. The lowest BCUT2D eigenvalue weighted by molar-refractivity contribution is 0.615. The van der Waals surface area contributed by atoms with E-state index in [-0.39, 0.29) is 0 Å². The van der Waals surface area contributed by atoms with Gasteiger partial charge >= 0.3 is 0 Å². The third-order valence-electron chi connectivity index (χ3n) is 4.15. The Hall–Kier alpha value is -3.45. The third kappa shape index (κ3) is 2.78. The van der Waals surface area contributed by atoms with Crippen molar-refractivity contribution in [2.45, 2.75) is 6.92 Å². The van der Waals surface area contributed by atoms with Gasteiger partial charge < -0.3 is 4.42 Å². The van der Waals surface area contributed by atoms with Gasteiger partial charge in [-0.15, -0.1) is 11.3 Å². The summed E-state index contributed by atoms with van der Waals surface area (Å²) in [5.74, 6) is 0.536. The fraction of sp³-hybridized carbons (Fsp3) is 0.0500. The van der Waals surface area contributed by atoms with Gasteiger partial charge in [-0.3, -0.25) is 4.98 Å². The van der Waals surface area contributed by atoms with Crippen LogP contribution in [-0.2, 0) is 0 Å². The molecule has 5 aromatic heterocycles. The largest absolute Gasteiger partial charge is 0.462 e. The van der Waals surface area contributed by atoms with Crippen molar-refractivity contribution in [3.05, 3.63) is 67.1 Å². The van der Waals surface area contributed by atoms with Gasteiger partial charge in [0.2, 0.25) is 0 Å². The molecule has 130 valence electrons. The zero-order chi connectivity index (χ0) is 18.2. The van der Waals surface area contributed by atoms with Crippen LogP contribution in [-0.4, -0.2) is 24.9 Å². The molecule has 0 spiro atoms. The molecule has 6 nitrogen and oxygen atoms in total. The summed E-state index contributed by atoms with van der Waals surface area (Å²) in [7, 11) is 0. The number of thiazole rings is 1.